The third-order valence-electron chi connectivity index (χ3n) is 4.37. The van der Waals surface area contributed by atoms with Crippen molar-refractivity contribution in [1.82, 2.24) is 4.90 Å². The van der Waals surface area contributed by atoms with Gasteiger partial charge in [0.15, 0.2) is 0 Å². The average Bonchev–Trinajstić information content (AvgIpc) is 2.58. The van der Waals surface area contributed by atoms with E-state index < -0.39 is 0 Å². The molecule has 1 saturated heterocycles. The Hall–Kier alpha value is -0.0400. The zero-order valence-corrected chi connectivity index (χ0v) is 9.84. The fourth-order valence-corrected chi connectivity index (χ4v) is 3.13. The third-order valence-corrected chi connectivity index (χ3v) is 4.37. The number of hydrogen-bond donors (Lipinski definition) is 0. The molecular formula is C13H25N. The van der Waals surface area contributed by atoms with Crippen LogP contribution in [0.15, 0.2) is 0 Å². The van der Waals surface area contributed by atoms with Gasteiger partial charge in [-0.25, -0.2) is 0 Å². The minimum absolute atomic E-state index is 1.01. The van der Waals surface area contributed by atoms with Crippen LogP contribution in [0.25, 0.3) is 0 Å². The molecule has 1 nitrogen and oxygen atoms in total. The van der Waals surface area contributed by atoms with Crippen molar-refractivity contribution in [1.29, 1.82) is 0 Å². The maximum atomic E-state index is 2.71. The highest BCUT2D eigenvalue weighted by Gasteiger charge is 2.31. The standard InChI is InChI=1S/C13H25N/c1-3-11-5-6-14(9-11)10-13-7-12(4-2)8-13/h11-13H,3-10H2,1-2H3. The molecule has 1 atom stereocenters. The zero-order valence-electron chi connectivity index (χ0n) is 9.84. The summed E-state index contributed by atoms with van der Waals surface area (Å²) in [5.74, 6) is 3.14. The van der Waals surface area contributed by atoms with Crippen molar-refractivity contribution in [3.63, 3.8) is 0 Å². The molecule has 1 heterocycles. The predicted molar refractivity (Wildman–Crippen MR) is 61.3 cm³/mol. The summed E-state index contributed by atoms with van der Waals surface area (Å²) < 4.78 is 0. The van der Waals surface area contributed by atoms with Crippen LogP contribution in [-0.2, 0) is 0 Å². The second kappa shape index (κ2) is 4.65. The number of likely N-dealkylation sites (tertiary alicyclic amines) is 1. The van der Waals surface area contributed by atoms with Crippen LogP contribution in [0.2, 0.25) is 0 Å². The smallest absolute Gasteiger partial charge is 0.00101 e. The lowest BCUT2D eigenvalue weighted by molar-refractivity contribution is 0.133. The van der Waals surface area contributed by atoms with Gasteiger partial charge in [-0.15, -0.1) is 0 Å². The van der Waals surface area contributed by atoms with Gasteiger partial charge < -0.3 is 4.90 Å². The molecule has 82 valence electrons. The molecule has 1 heteroatoms. The topological polar surface area (TPSA) is 3.24 Å². The lowest BCUT2D eigenvalue weighted by Gasteiger charge is -2.37. The highest BCUT2D eigenvalue weighted by atomic mass is 15.1. The van der Waals surface area contributed by atoms with Gasteiger partial charge in [-0.3, -0.25) is 0 Å². The lowest BCUT2D eigenvalue weighted by atomic mass is 9.73. The van der Waals surface area contributed by atoms with Crippen LogP contribution in [0.5, 0.6) is 0 Å². The molecule has 1 unspecified atom stereocenters. The summed E-state index contributed by atoms with van der Waals surface area (Å²) in [7, 11) is 0. The largest absolute Gasteiger partial charge is 0.303 e. The first-order valence-corrected chi connectivity index (χ1v) is 6.54. The highest BCUT2D eigenvalue weighted by Crippen LogP contribution is 2.37. The summed E-state index contributed by atoms with van der Waals surface area (Å²) in [6, 6.07) is 0. The summed E-state index contributed by atoms with van der Waals surface area (Å²) in [5, 5.41) is 0. The molecular weight excluding hydrogens is 170 g/mol. The first-order chi connectivity index (χ1) is 6.81. The molecule has 0 aromatic heterocycles. The molecule has 1 aliphatic carbocycles. The Balaban J connectivity index is 1.63. The van der Waals surface area contributed by atoms with Crippen molar-refractivity contribution in [3.8, 4) is 0 Å². The molecule has 2 aliphatic rings. The van der Waals surface area contributed by atoms with Crippen LogP contribution in [-0.4, -0.2) is 24.5 Å². The Labute approximate surface area is 88.9 Å². The Kier molecular flexibility index (Phi) is 3.48. The van der Waals surface area contributed by atoms with Crippen molar-refractivity contribution in [3.05, 3.63) is 0 Å². The van der Waals surface area contributed by atoms with E-state index >= 15 is 0 Å². The Morgan fingerprint density at radius 2 is 1.71 bits per heavy atom. The molecule has 0 amide bonds. The first-order valence-electron chi connectivity index (χ1n) is 6.54. The van der Waals surface area contributed by atoms with E-state index in [0.29, 0.717) is 0 Å². The van der Waals surface area contributed by atoms with Crippen LogP contribution in [0.3, 0.4) is 0 Å². The van der Waals surface area contributed by atoms with Crippen LogP contribution in [0.4, 0.5) is 0 Å². The van der Waals surface area contributed by atoms with Crippen LogP contribution >= 0.6 is 0 Å². The summed E-state index contributed by atoms with van der Waals surface area (Å²) in [4.78, 5) is 2.71. The van der Waals surface area contributed by atoms with Crippen molar-refractivity contribution in [2.45, 2.75) is 46.0 Å². The second-order valence-electron chi connectivity index (χ2n) is 5.43. The molecule has 2 fully saturated rings. The van der Waals surface area contributed by atoms with E-state index in [-0.39, 0.29) is 0 Å². The van der Waals surface area contributed by atoms with Gasteiger partial charge >= 0.3 is 0 Å². The minimum Gasteiger partial charge on any atom is -0.303 e. The Morgan fingerprint density at radius 3 is 2.29 bits per heavy atom. The Morgan fingerprint density at radius 1 is 1.00 bits per heavy atom. The lowest BCUT2D eigenvalue weighted by Crippen LogP contribution is -2.35. The fraction of sp³-hybridized carbons (Fsp3) is 1.00. The quantitative estimate of drug-likeness (QED) is 0.666. The summed E-state index contributed by atoms with van der Waals surface area (Å²) in [6.07, 6.45) is 7.29. The number of rotatable bonds is 4. The first kappa shape index (κ1) is 10.5. The van der Waals surface area contributed by atoms with Gasteiger partial charge in [-0.2, -0.15) is 0 Å². The van der Waals surface area contributed by atoms with Crippen LogP contribution < -0.4 is 0 Å². The van der Waals surface area contributed by atoms with Crippen LogP contribution in [0, 0.1) is 17.8 Å². The molecule has 0 spiro atoms. The van der Waals surface area contributed by atoms with E-state index in [4.69, 9.17) is 0 Å². The fourth-order valence-electron chi connectivity index (χ4n) is 3.13. The van der Waals surface area contributed by atoms with Gasteiger partial charge in [0.25, 0.3) is 0 Å². The number of hydrogen-bond acceptors (Lipinski definition) is 1. The molecule has 14 heavy (non-hydrogen) atoms. The average molecular weight is 195 g/mol. The van der Waals surface area contributed by atoms with Crippen molar-refractivity contribution in [2.24, 2.45) is 17.8 Å². The molecule has 0 bridgehead atoms. The predicted octanol–water partition coefficient (Wildman–Crippen LogP) is 3.15. The molecule has 0 aromatic rings. The van der Waals surface area contributed by atoms with E-state index in [9.17, 15) is 0 Å². The third kappa shape index (κ3) is 2.31. The van der Waals surface area contributed by atoms with Crippen LogP contribution in [0.1, 0.15) is 46.0 Å². The summed E-state index contributed by atoms with van der Waals surface area (Å²) in [5.41, 5.74) is 0. The van der Waals surface area contributed by atoms with E-state index in [1.54, 1.807) is 0 Å². The van der Waals surface area contributed by atoms with E-state index in [0.717, 1.165) is 17.8 Å². The molecule has 0 N–H and O–H groups in total. The van der Waals surface area contributed by atoms with Gasteiger partial charge in [0.2, 0.25) is 0 Å². The van der Waals surface area contributed by atoms with E-state index in [1.807, 2.05) is 0 Å². The molecule has 0 radical (unpaired) electrons. The normalized spacial score (nSPS) is 38.6. The SMILES string of the molecule is CCC1CC(CN2CCC(CC)C2)C1. The monoisotopic (exact) mass is 195 g/mol. The van der Waals surface area contributed by atoms with E-state index in [2.05, 4.69) is 18.7 Å². The molecule has 1 saturated carbocycles. The van der Waals surface area contributed by atoms with Gasteiger partial charge in [-0.1, -0.05) is 26.7 Å². The molecule has 2 rings (SSSR count). The van der Waals surface area contributed by atoms with E-state index in [1.165, 1.54) is 51.7 Å². The zero-order chi connectivity index (χ0) is 9.97. The molecule has 0 aromatic carbocycles. The summed E-state index contributed by atoms with van der Waals surface area (Å²) in [6.45, 7) is 8.86. The minimum atomic E-state index is 1.01. The van der Waals surface area contributed by atoms with Gasteiger partial charge in [0.1, 0.15) is 0 Å². The van der Waals surface area contributed by atoms with Gasteiger partial charge in [0.05, 0.1) is 0 Å². The van der Waals surface area contributed by atoms with Gasteiger partial charge in [-0.05, 0) is 43.6 Å². The van der Waals surface area contributed by atoms with Crippen molar-refractivity contribution >= 4 is 0 Å². The van der Waals surface area contributed by atoms with Crippen molar-refractivity contribution < 1.29 is 0 Å². The van der Waals surface area contributed by atoms with Crippen molar-refractivity contribution in [2.75, 3.05) is 19.6 Å². The maximum Gasteiger partial charge on any atom is 0.00101 e. The summed E-state index contributed by atoms with van der Waals surface area (Å²) >= 11 is 0. The maximum absolute atomic E-state index is 2.71. The second-order valence-corrected chi connectivity index (χ2v) is 5.43. The Bertz CT molecular complexity index is 172. The van der Waals surface area contributed by atoms with Gasteiger partial charge in [0, 0.05) is 13.1 Å². The number of nitrogens with zero attached hydrogens (tertiary/aromatic N) is 1. The molecule has 1 aliphatic heterocycles. The highest BCUT2D eigenvalue weighted by molar-refractivity contribution is 4.83.